The van der Waals surface area contributed by atoms with Gasteiger partial charge in [-0.2, -0.15) is 0 Å². The Morgan fingerprint density at radius 1 is 1.23 bits per heavy atom. The molecular formula is C20H22ClN3O2. The van der Waals surface area contributed by atoms with Gasteiger partial charge in [0.15, 0.2) is 0 Å². The van der Waals surface area contributed by atoms with Gasteiger partial charge in [-0.3, -0.25) is 14.6 Å². The van der Waals surface area contributed by atoms with Gasteiger partial charge >= 0.3 is 0 Å². The average Bonchev–Trinajstić information content (AvgIpc) is 2.67. The third kappa shape index (κ3) is 4.22. The fourth-order valence-corrected chi connectivity index (χ4v) is 3.50. The Balaban J connectivity index is 1.77. The van der Waals surface area contributed by atoms with Crippen LogP contribution in [0.5, 0.6) is 0 Å². The third-order valence-electron chi connectivity index (χ3n) is 4.69. The molecule has 0 radical (unpaired) electrons. The van der Waals surface area contributed by atoms with E-state index in [1.165, 1.54) is 12.4 Å². The highest BCUT2D eigenvalue weighted by Gasteiger charge is 2.26. The topological polar surface area (TPSA) is 62.3 Å². The molecule has 1 atom stereocenters. The summed E-state index contributed by atoms with van der Waals surface area (Å²) in [6.07, 6.45) is 7.13. The first-order chi connectivity index (χ1) is 12.6. The zero-order valence-electron chi connectivity index (χ0n) is 14.7. The van der Waals surface area contributed by atoms with Gasteiger partial charge in [0.25, 0.3) is 11.8 Å². The molecule has 0 bridgehead atoms. The van der Waals surface area contributed by atoms with Gasteiger partial charge in [0, 0.05) is 35.7 Å². The number of rotatable bonds is 4. The molecule has 2 aromatic rings. The highest BCUT2D eigenvalue weighted by atomic mass is 35.5. The summed E-state index contributed by atoms with van der Waals surface area (Å²) in [5.41, 5.74) is 1.39. The molecule has 3 rings (SSSR count). The Bertz CT molecular complexity index is 809. The number of aromatic nitrogens is 1. The lowest BCUT2D eigenvalue weighted by Gasteiger charge is -2.35. The van der Waals surface area contributed by atoms with E-state index in [1.54, 1.807) is 30.3 Å². The first-order valence-corrected chi connectivity index (χ1v) is 9.29. The summed E-state index contributed by atoms with van der Waals surface area (Å²) < 4.78 is 0. The molecule has 1 unspecified atom stereocenters. The molecule has 0 aliphatic carbocycles. The summed E-state index contributed by atoms with van der Waals surface area (Å²) in [4.78, 5) is 31.4. The number of hydrogen-bond donors (Lipinski definition) is 1. The summed E-state index contributed by atoms with van der Waals surface area (Å²) in [7, 11) is 0. The maximum absolute atomic E-state index is 12.9. The first kappa shape index (κ1) is 18.4. The van der Waals surface area contributed by atoms with Crippen LogP contribution in [0.15, 0.2) is 42.7 Å². The minimum absolute atomic E-state index is 0.0542. The highest BCUT2D eigenvalue weighted by molar-refractivity contribution is 6.31. The van der Waals surface area contributed by atoms with Gasteiger partial charge in [0.2, 0.25) is 0 Å². The third-order valence-corrected chi connectivity index (χ3v) is 4.92. The van der Waals surface area contributed by atoms with Crippen LogP contribution >= 0.6 is 11.6 Å². The summed E-state index contributed by atoms with van der Waals surface area (Å²) in [6, 6.07) is 8.79. The largest absolute Gasteiger partial charge is 0.336 e. The molecule has 136 valence electrons. The molecule has 6 heteroatoms. The van der Waals surface area contributed by atoms with Gasteiger partial charge in [-0.25, -0.2) is 0 Å². The van der Waals surface area contributed by atoms with Crippen LogP contribution in [-0.2, 0) is 0 Å². The van der Waals surface area contributed by atoms with Gasteiger partial charge < -0.3 is 10.2 Å². The van der Waals surface area contributed by atoms with Crippen molar-refractivity contribution in [3.63, 3.8) is 0 Å². The number of carbonyl (C=O) groups excluding carboxylic acids is 2. The number of piperidine rings is 1. The number of anilines is 1. The van der Waals surface area contributed by atoms with Crippen LogP contribution in [0, 0.1) is 0 Å². The van der Waals surface area contributed by atoms with Crippen molar-refractivity contribution in [3.8, 4) is 0 Å². The smallest absolute Gasteiger partial charge is 0.257 e. The molecular weight excluding hydrogens is 350 g/mol. The lowest BCUT2D eigenvalue weighted by Crippen LogP contribution is -2.43. The number of hydrogen-bond acceptors (Lipinski definition) is 3. The van der Waals surface area contributed by atoms with E-state index >= 15 is 0 Å². The van der Waals surface area contributed by atoms with Gasteiger partial charge in [0.05, 0.1) is 11.1 Å². The SMILES string of the molecule is CCC1CCCCN1C(=O)c1cncc(C(=O)Nc2cccc(Cl)c2)c1. The fourth-order valence-electron chi connectivity index (χ4n) is 3.31. The Labute approximate surface area is 158 Å². The molecule has 1 aliphatic rings. The molecule has 2 heterocycles. The van der Waals surface area contributed by atoms with Crippen LogP contribution in [0.2, 0.25) is 5.02 Å². The second kappa shape index (κ2) is 8.32. The van der Waals surface area contributed by atoms with Crippen molar-refractivity contribution < 1.29 is 9.59 Å². The molecule has 0 spiro atoms. The quantitative estimate of drug-likeness (QED) is 0.866. The molecule has 1 aliphatic heterocycles. The molecule has 0 saturated carbocycles. The number of pyridine rings is 1. The summed E-state index contributed by atoms with van der Waals surface area (Å²) >= 11 is 5.94. The Morgan fingerprint density at radius 3 is 2.81 bits per heavy atom. The van der Waals surface area contributed by atoms with E-state index in [-0.39, 0.29) is 17.9 Å². The van der Waals surface area contributed by atoms with Crippen LogP contribution in [0.4, 0.5) is 5.69 Å². The summed E-state index contributed by atoms with van der Waals surface area (Å²) in [5, 5.41) is 3.32. The highest BCUT2D eigenvalue weighted by Crippen LogP contribution is 2.22. The van der Waals surface area contributed by atoms with Crippen molar-refractivity contribution in [2.24, 2.45) is 0 Å². The molecule has 1 aromatic carbocycles. The van der Waals surface area contributed by atoms with Crippen molar-refractivity contribution in [2.75, 3.05) is 11.9 Å². The lowest BCUT2D eigenvalue weighted by atomic mass is 9.99. The number of benzene rings is 1. The van der Waals surface area contributed by atoms with Crippen LogP contribution < -0.4 is 5.32 Å². The monoisotopic (exact) mass is 371 g/mol. The second-order valence-electron chi connectivity index (χ2n) is 6.48. The van der Waals surface area contributed by atoms with Crippen LogP contribution in [-0.4, -0.2) is 34.3 Å². The van der Waals surface area contributed by atoms with E-state index in [0.29, 0.717) is 21.8 Å². The second-order valence-corrected chi connectivity index (χ2v) is 6.92. The predicted molar refractivity (Wildman–Crippen MR) is 103 cm³/mol. The zero-order chi connectivity index (χ0) is 18.5. The van der Waals surface area contributed by atoms with E-state index < -0.39 is 0 Å². The van der Waals surface area contributed by atoms with Gasteiger partial charge in [0.1, 0.15) is 0 Å². The van der Waals surface area contributed by atoms with Crippen molar-refractivity contribution in [2.45, 2.75) is 38.6 Å². The summed E-state index contributed by atoms with van der Waals surface area (Å²) in [5.74, 6) is -0.374. The van der Waals surface area contributed by atoms with E-state index in [2.05, 4.69) is 17.2 Å². The number of nitrogens with one attached hydrogen (secondary N) is 1. The molecule has 1 N–H and O–H groups in total. The molecule has 2 amide bonds. The number of amides is 2. The van der Waals surface area contributed by atoms with Crippen LogP contribution in [0.25, 0.3) is 0 Å². The minimum Gasteiger partial charge on any atom is -0.336 e. The Morgan fingerprint density at radius 2 is 2.04 bits per heavy atom. The average molecular weight is 372 g/mol. The number of nitrogens with zero attached hydrogens (tertiary/aromatic N) is 2. The van der Waals surface area contributed by atoms with Crippen molar-refractivity contribution in [1.82, 2.24) is 9.88 Å². The van der Waals surface area contributed by atoms with Crippen molar-refractivity contribution in [1.29, 1.82) is 0 Å². The molecule has 1 fully saturated rings. The standard InChI is InChI=1S/C20H22ClN3O2/c1-2-18-8-3-4-9-24(18)20(26)15-10-14(12-22-13-15)19(25)23-17-7-5-6-16(21)11-17/h5-7,10-13,18H,2-4,8-9H2,1H3,(H,23,25). The van der Waals surface area contributed by atoms with E-state index in [1.807, 2.05) is 4.90 Å². The number of halogens is 1. The van der Waals surface area contributed by atoms with Crippen LogP contribution in [0.3, 0.4) is 0 Å². The Hall–Kier alpha value is -2.40. The Kier molecular flexibility index (Phi) is 5.89. The number of carbonyl (C=O) groups is 2. The molecule has 1 saturated heterocycles. The summed E-state index contributed by atoms with van der Waals surface area (Å²) in [6.45, 7) is 2.86. The fraction of sp³-hybridized carbons (Fsp3) is 0.350. The lowest BCUT2D eigenvalue weighted by molar-refractivity contribution is 0.0607. The van der Waals surface area contributed by atoms with E-state index in [4.69, 9.17) is 11.6 Å². The maximum atomic E-state index is 12.9. The normalized spacial score (nSPS) is 17.0. The maximum Gasteiger partial charge on any atom is 0.257 e. The molecule has 5 nitrogen and oxygen atoms in total. The predicted octanol–water partition coefficient (Wildman–Crippen LogP) is 4.39. The van der Waals surface area contributed by atoms with Gasteiger partial charge in [-0.05, 0) is 49.9 Å². The first-order valence-electron chi connectivity index (χ1n) is 8.91. The molecule has 1 aromatic heterocycles. The van der Waals surface area contributed by atoms with Crippen molar-refractivity contribution in [3.05, 3.63) is 58.9 Å². The van der Waals surface area contributed by atoms with Gasteiger partial charge in [-0.1, -0.05) is 24.6 Å². The van der Waals surface area contributed by atoms with E-state index in [9.17, 15) is 9.59 Å². The minimum atomic E-state index is -0.319. The molecule has 26 heavy (non-hydrogen) atoms. The van der Waals surface area contributed by atoms with E-state index in [0.717, 1.165) is 32.2 Å². The van der Waals surface area contributed by atoms with Crippen LogP contribution in [0.1, 0.15) is 53.3 Å². The number of likely N-dealkylation sites (tertiary alicyclic amines) is 1. The van der Waals surface area contributed by atoms with Gasteiger partial charge in [-0.15, -0.1) is 0 Å². The van der Waals surface area contributed by atoms with Crippen molar-refractivity contribution >= 4 is 29.1 Å². The zero-order valence-corrected chi connectivity index (χ0v) is 15.5.